The van der Waals surface area contributed by atoms with Crippen molar-refractivity contribution in [2.24, 2.45) is 0 Å². The minimum atomic E-state index is -0.249. The van der Waals surface area contributed by atoms with Gasteiger partial charge >= 0.3 is 0 Å². The quantitative estimate of drug-likeness (QED) is 0.766. The summed E-state index contributed by atoms with van der Waals surface area (Å²) in [7, 11) is 0. The number of nitrogens with one attached hydrogen (secondary N) is 3. The number of hydrogen-bond donors (Lipinski definition) is 3. The molecule has 0 saturated heterocycles. The van der Waals surface area contributed by atoms with Crippen LogP contribution in [-0.2, 0) is 0 Å². The highest BCUT2D eigenvalue weighted by Gasteiger charge is 2.16. The predicted octanol–water partition coefficient (Wildman–Crippen LogP) is 1.43. The largest absolute Gasteiger partial charge is 0.385 e. The van der Waals surface area contributed by atoms with E-state index in [1.54, 1.807) is 6.20 Å². The van der Waals surface area contributed by atoms with Crippen molar-refractivity contribution in [1.29, 1.82) is 0 Å². The van der Waals surface area contributed by atoms with Crippen molar-refractivity contribution < 1.29 is 4.79 Å². The fourth-order valence-electron chi connectivity index (χ4n) is 1.84. The Morgan fingerprint density at radius 3 is 2.90 bits per heavy atom. The molecule has 0 aliphatic carbocycles. The Bertz CT molecular complexity index is 581. The Balaban J connectivity index is 2.16. The molecule has 20 heavy (non-hydrogen) atoms. The van der Waals surface area contributed by atoms with Crippen LogP contribution in [0.15, 0.2) is 18.6 Å². The first-order valence-corrected chi connectivity index (χ1v) is 6.48. The number of aryl methyl sites for hydroxylation is 1. The van der Waals surface area contributed by atoms with Gasteiger partial charge in [-0.2, -0.15) is 5.10 Å². The van der Waals surface area contributed by atoms with Gasteiger partial charge in [-0.3, -0.25) is 14.9 Å². The number of hydrogen-bond acceptors (Lipinski definition) is 5. The molecule has 2 aromatic heterocycles. The van der Waals surface area contributed by atoms with E-state index in [0.717, 1.165) is 17.9 Å². The summed E-state index contributed by atoms with van der Waals surface area (Å²) in [5.74, 6) is 0.417. The fourth-order valence-corrected chi connectivity index (χ4v) is 1.84. The van der Waals surface area contributed by atoms with E-state index in [9.17, 15) is 4.79 Å². The molecule has 0 saturated carbocycles. The lowest BCUT2D eigenvalue weighted by atomic mass is 10.1. The van der Waals surface area contributed by atoms with Gasteiger partial charge in [0.05, 0.1) is 17.3 Å². The van der Waals surface area contributed by atoms with Gasteiger partial charge in [0.2, 0.25) is 0 Å². The summed E-state index contributed by atoms with van der Waals surface area (Å²) in [5.41, 5.74) is 2.16. The second-order valence-electron chi connectivity index (χ2n) is 4.47. The number of carbonyl (C=O) groups excluding carboxylic acids is 1. The average molecular weight is 274 g/mol. The highest BCUT2D eigenvalue weighted by atomic mass is 16.1. The van der Waals surface area contributed by atoms with E-state index in [4.69, 9.17) is 0 Å². The van der Waals surface area contributed by atoms with E-state index < -0.39 is 0 Å². The minimum absolute atomic E-state index is 0.197. The lowest BCUT2D eigenvalue weighted by molar-refractivity contribution is 0.0939. The number of carbonyl (C=O) groups is 1. The number of amides is 1. The van der Waals surface area contributed by atoms with Crippen LogP contribution in [0.25, 0.3) is 0 Å². The summed E-state index contributed by atoms with van der Waals surface area (Å²) in [6.07, 6.45) is 2.99. The van der Waals surface area contributed by atoms with Crippen molar-refractivity contribution in [2.75, 3.05) is 11.9 Å². The zero-order chi connectivity index (χ0) is 14.5. The molecule has 1 amide bonds. The lowest BCUT2D eigenvalue weighted by Crippen LogP contribution is -2.28. The van der Waals surface area contributed by atoms with Crippen LogP contribution >= 0.6 is 0 Å². The smallest absolute Gasteiger partial charge is 0.255 e. The summed E-state index contributed by atoms with van der Waals surface area (Å²) in [6, 6.07) is 1.61. The van der Waals surface area contributed by atoms with E-state index in [2.05, 4.69) is 30.8 Å². The molecule has 0 fully saturated rings. The maximum atomic E-state index is 12.3. The molecule has 2 heterocycles. The van der Waals surface area contributed by atoms with Crippen LogP contribution in [0.1, 0.15) is 41.8 Å². The standard InChI is InChI=1S/C13H18N6O/c1-4-14-11-5-8(2)15-6-10(11)13(20)18-9(3)12-16-7-17-19-12/h5-7,9H,4H2,1-3H3,(H,14,15)(H,18,20)(H,16,17,19). The third-order valence-electron chi connectivity index (χ3n) is 2.84. The molecule has 106 valence electrons. The van der Waals surface area contributed by atoms with Gasteiger partial charge in [0, 0.05) is 18.4 Å². The van der Waals surface area contributed by atoms with Crippen LogP contribution < -0.4 is 10.6 Å². The van der Waals surface area contributed by atoms with Crippen molar-refractivity contribution in [3.05, 3.63) is 35.7 Å². The molecule has 7 heteroatoms. The number of aromatic nitrogens is 4. The van der Waals surface area contributed by atoms with Crippen LogP contribution in [-0.4, -0.2) is 32.6 Å². The second kappa shape index (κ2) is 6.14. The Hall–Kier alpha value is -2.44. The van der Waals surface area contributed by atoms with Gasteiger partial charge in [0.15, 0.2) is 0 Å². The SMILES string of the molecule is CCNc1cc(C)ncc1C(=O)NC(C)c1ncn[nH]1. The van der Waals surface area contributed by atoms with Crippen molar-refractivity contribution in [3.8, 4) is 0 Å². The van der Waals surface area contributed by atoms with Crippen LogP contribution in [0.3, 0.4) is 0 Å². The van der Waals surface area contributed by atoms with E-state index in [-0.39, 0.29) is 11.9 Å². The average Bonchev–Trinajstić information content (AvgIpc) is 2.93. The van der Waals surface area contributed by atoms with Gasteiger partial charge in [0.25, 0.3) is 5.91 Å². The van der Waals surface area contributed by atoms with Crippen LogP contribution in [0, 0.1) is 6.92 Å². The Kier molecular flexibility index (Phi) is 4.29. The van der Waals surface area contributed by atoms with Gasteiger partial charge in [0.1, 0.15) is 12.2 Å². The summed E-state index contributed by atoms with van der Waals surface area (Å²) in [6.45, 7) is 6.45. The third-order valence-corrected chi connectivity index (χ3v) is 2.84. The molecule has 1 unspecified atom stereocenters. The zero-order valence-electron chi connectivity index (χ0n) is 11.8. The molecule has 0 radical (unpaired) electrons. The first-order chi connectivity index (χ1) is 9.61. The lowest BCUT2D eigenvalue weighted by Gasteiger charge is -2.14. The normalized spacial score (nSPS) is 11.9. The Labute approximate surface area is 117 Å². The maximum Gasteiger partial charge on any atom is 0.255 e. The summed E-state index contributed by atoms with van der Waals surface area (Å²) in [4.78, 5) is 20.5. The second-order valence-corrected chi connectivity index (χ2v) is 4.47. The first-order valence-electron chi connectivity index (χ1n) is 6.48. The molecule has 7 nitrogen and oxygen atoms in total. The molecule has 0 aromatic carbocycles. The molecule has 0 aliphatic rings. The van der Waals surface area contributed by atoms with Crippen LogP contribution in [0.2, 0.25) is 0 Å². The van der Waals surface area contributed by atoms with E-state index in [1.165, 1.54) is 6.33 Å². The first kappa shape index (κ1) is 14.0. The monoisotopic (exact) mass is 274 g/mol. The van der Waals surface area contributed by atoms with Gasteiger partial charge in [-0.25, -0.2) is 4.98 Å². The van der Waals surface area contributed by atoms with Gasteiger partial charge in [-0.15, -0.1) is 0 Å². The van der Waals surface area contributed by atoms with E-state index in [1.807, 2.05) is 26.8 Å². The van der Waals surface area contributed by atoms with Gasteiger partial charge in [-0.1, -0.05) is 0 Å². The summed E-state index contributed by atoms with van der Waals surface area (Å²) >= 11 is 0. The Morgan fingerprint density at radius 2 is 2.25 bits per heavy atom. The topological polar surface area (TPSA) is 95.6 Å². The fraction of sp³-hybridized carbons (Fsp3) is 0.385. The van der Waals surface area contributed by atoms with Crippen molar-refractivity contribution in [1.82, 2.24) is 25.5 Å². The van der Waals surface area contributed by atoms with Gasteiger partial charge < -0.3 is 10.6 Å². The molecule has 2 aromatic rings. The van der Waals surface area contributed by atoms with Crippen molar-refractivity contribution >= 4 is 11.6 Å². The highest BCUT2D eigenvalue weighted by molar-refractivity contribution is 5.99. The number of H-pyrrole nitrogens is 1. The van der Waals surface area contributed by atoms with Crippen LogP contribution in [0.4, 0.5) is 5.69 Å². The molecule has 3 N–H and O–H groups in total. The van der Waals surface area contributed by atoms with E-state index in [0.29, 0.717) is 11.4 Å². The zero-order valence-corrected chi connectivity index (χ0v) is 11.8. The van der Waals surface area contributed by atoms with Crippen molar-refractivity contribution in [3.63, 3.8) is 0 Å². The molecule has 0 spiro atoms. The maximum absolute atomic E-state index is 12.3. The molecule has 0 aliphatic heterocycles. The van der Waals surface area contributed by atoms with Crippen LogP contribution in [0.5, 0.6) is 0 Å². The summed E-state index contributed by atoms with van der Waals surface area (Å²) < 4.78 is 0. The third kappa shape index (κ3) is 3.11. The molecular weight excluding hydrogens is 256 g/mol. The number of pyridine rings is 1. The molecular formula is C13H18N6O. The molecule has 2 rings (SSSR count). The minimum Gasteiger partial charge on any atom is -0.385 e. The Morgan fingerprint density at radius 1 is 1.45 bits per heavy atom. The molecule has 1 atom stereocenters. The number of aromatic amines is 1. The predicted molar refractivity (Wildman–Crippen MR) is 75.4 cm³/mol. The number of nitrogens with zero attached hydrogens (tertiary/aromatic N) is 3. The summed E-state index contributed by atoms with van der Waals surface area (Å²) in [5, 5.41) is 12.5. The highest BCUT2D eigenvalue weighted by Crippen LogP contribution is 2.17. The van der Waals surface area contributed by atoms with E-state index >= 15 is 0 Å². The number of anilines is 1. The molecule has 0 bridgehead atoms. The number of rotatable bonds is 5. The van der Waals surface area contributed by atoms with Gasteiger partial charge in [-0.05, 0) is 26.8 Å². The van der Waals surface area contributed by atoms with Crippen molar-refractivity contribution in [2.45, 2.75) is 26.8 Å².